The summed E-state index contributed by atoms with van der Waals surface area (Å²) >= 11 is 1.61. The Kier molecular flexibility index (Phi) is 5.76. The van der Waals surface area contributed by atoms with Gasteiger partial charge in [0.05, 0.1) is 24.2 Å². The zero-order valence-electron chi connectivity index (χ0n) is 12.4. The zero-order chi connectivity index (χ0) is 15.2. The molecular weight excluding hydrogens is 288 g/mol. The highest BCUT2D eigenvalue weighted by Crippen LogP contribution is 2.28. The highest BCUT2D eigenvalue weighted by Gasteiger charge is 2.20. The first-order valence-electron chi connectivity index (χ1n) is 7.07. The Morgan fingerprint density at radius 3 is 3.10 bits per heavy atom. The van der Waals surface area contributed by atoms with Crippen molar-refractivity contribution in [3.63, 3.8) is 0 Å². The molecule has 1 heterocycles. The van der Waals surface area contributed by atoms with Gasteiger partial charge in [-0.25, -0.2) is 0 Å². The maximum Gasteiger partial charge on any atom is 0.237 e. The van der Waals surface area contributed by atoms with E-state index in [1.54, 1.807) is 37.1 Å². The number of ether oxygens (including phenoxy) is 2. The molecule has 5 nitrogen and oxygen atoms in total. The SMILES string of the molecule is COc1ccc(N)cc1NC(=O)C(C)SCC1CCCO1. The van der Waals surface area contributed by atoms with E-state index in [1.807, 2.05) is 6.92 Å². The van der Waals surface area contributed by atoms with Gasteiger partial charge in [-0.3, -0.25) is 4.79 Å². The number of amides is 1. The summed E-state index contributed by atoms with van der Waals surface area (Å²) in [5, 5.41) is 2.72. The molecule has 2 atom stereocenters. The number of hydrogen-bond acceptors (Lipinski definition) is 5. The second-order valence-electron chi connectivity index (χ2n) is 5.06. The molecule has 1 amide bonds. The van der Waals surface area contributed by atoms with E-state index in [4.69, 9.17) is 15.2 Å². The van der Waals surface area contributed by atoms with Crippen molar-refractivity contribution in [2.45, 2.75) is 31.1 Å². The first-order valence-corrected chi connectivity index (χ1v) is 8.12. The molecule has 0 aromatic heterocycles. The summed E-state index contributed by atoms with van der Waals surface area (Å²) in [6, 6.07) is 5.19. The Hall–Kier alpha value is -1.40. The van der Waals surface area contributed by atoms with Gasteiger partial charge in [0.1, 0.15) is 5.75 Å². The van der Waals surface area contributed by atoms with Gasteiger partial charge in [-0.05, 0) is 38.0 Å². The van der Waals surface area contributed by atoms with Gasteiger partial charge in [0.25, 0.3) is 0 Å². The lowest BCUT2D eigenvalue weighted by atomic mass is 10.2. The van der Waals surface area contributed by atoms with Gasteiger partial charge < -0.3 is 20.5 Å². The van der Waals surface area contributed by atoms with Crippen LogP contribution in [-0.4, -0.2) is 36.7 Å². The fourth-order valence-corrected chi connectivity index (χ4v) is 3.14. The monoisotopic (exact) mass is 310 g/mol. The number of nitrogens with two attached hydrogens (primary N) is 1. The van der Waals surface area contributed by atoms with Crippen LogP contribution >= 0.6 is 11.8 Å². The first-order chi connectivity index (χ1) is 10.1. The molecule has 2 unspecified atom stereocenters. The third kappa shape index (κ3) is 4.54. The molecule has 21 heavy (non-hydrogen) atoms. The Balaban J connectivity index is 1.89. The molecule has 1 aliphatic heterocycles. The van der Waals surface area contributed by atoms with Gasteiger partial charge in [-0.1, -0.05) is 0 Å². The van der Waals surface area contributed by atoms with E-state index in [2.05, 4.69) is 5.32 Å². The quantitative estimate of drug-likeness (QED) is 0.790. The molecule has 0 aliphatic carbocycles. The van der Waals surface area contributed by atoms with Gasteiger partial charge in [0.2, 0.25) is 5.91 Å². The van der Waals surface area contributed by atoms with Crippen molar-refractivity contribution in [3.8, 4) is 5.75 Å². The molecule has 0 saturated carbocycles. The molecule has 0 radical (unpaired) electrons. The molecule has 0 spiro atoms. The molecule has 2 rings (SSSR count). The summed E-state index contributed by atoms with van der Waals surface area (Å²) in [5.41, 5.74) is 6.94. The molecule has 3 N–H and O–H groups in total. The fraction of sp³-hybridized carbons (Fsp3) is 0.533. The van der Waals surface area contributed by atoms with Crippen molar-refractivity contribution >= 4 is 29.0 Å². The Bertz CT molecular complexity index is 490. The van der Waals surface area contributed by atoms with Crippen LogP contribution < -0.4 is 15.8 Å². The summed E-state index contributed by atoms with van der Waals surface area (Å²) < 4.78 is 10.8. The lowest BCUT2D eigenvalue weighted by molar-refractivity contribution is -0.115. The van der Waals surface area contributed by atoms with Crippen molar-refractivity contribution in [1.82, 2.24) is 0 Å². The van der Waals surface area contributed by atoms with E-state index >= 15 is 0 Å². The molecule has 1 aromatic carbocycles. The Morgan fingerprint density at radius 1 is 1.62 bits per heavy atom. The number of hydrogen-bond donors (Lipinski definition) is 2. The van der Waals surface area contributed by atoms with E-state index < -0.39 is 0 Å². The molecule has 1 fully saturated rings. The third-order valence-electron chi connectivity index (χ3n) is 3.41. The predicted molar refractivity (Wildman–Crippen MR) is 86.9 cm³/mol. The Morgan fingerprint density at radius 2 is 2.43 bits per heavy atom. The number of nitrogens with one attached hydrogen (secondary N) is 1. The molecule has 1 aromatic rings. The highest BCUT2D eigenvalue weighted by atomic mass is 32.2. The summed E-state index contributed by atoms with van der Waals surface area (Å²) in [4.78, 5) is 12.2. The number of anilines is 2. The van der Waals surface area contributed by atoms with E-state index in [0.717, 1.165) is 25.2 Å². The number of rotatable bonds is 6. The molecular formula is C15H22N2O3S. The van der Waals surface area contributed by atoms with Crippen LogP contribution in [0.4, 0.5) is 11.4 Å². The third-order valence-corrected chi connectivity index (χ3v) is 4.69. The zero-order valence-corrected chi connectivity index (χ0v) is 13.2. The molecule has 116 valence electrons. The van der Waals surface area contributed by atoms with Gasteiger partial charge in [-0.15, -0.1) is 11.8 Å². The van der Waals surface area contributed by atoms with E-state index in [0.29, 0.717) is 17.1 Å². The summed E-state index contributed by atoms with van der Waals surface area (Å²) in [7, 11) is 1.57. The van der Waals surface area contributed by atoms with Crippen LogP contribution in [0.15, 0.2) is 18.2 Å². The van der Waals surface area contributed by atoms with Crippen LogP contribution in [0.5, 0.6) is 5.75 Å². The smallest absolute Gasteiger partial charge is 0.237 e. The predicted octanol–water partition coefficient (Wildman–Crippen LogP) is 2.52. The van der Waals surface area contributed by atoms with Crippen molar-refractivity contribution in [1.29, 1.82) is 0 Å². The number of methoxy groups -OCH3 is 1. The summed E-state index contributed by atoms with van der Waals surface area (Å²) in [5.74, 6) is 1.40. The summed E-state index contributed by atoms with van der Waals surface area (Å²) in [6.45, 7) is 2.74. The minimum atomic E-state index is -0.152. The van der Waals surface area contributed by atoms with E-state index in [9.17, 15) is 4.79 Å². The van der Waals surface area contributed by atoms with Crippen LogP contribution in [-0.2, 0) is 9.53 Å². The van der Waals surface area contributed by atoms with Crippen LogP contribution in [0, 0.1) is 0 Å². The van der Waals surface area contributed by atoms with Crippen LogP contribution in [0.1, 0.15) is 19.8 Å². The number of nitrogen functional groups attached to an aromatic ring is 1. The van der Waals surface area contributed by atoms with E-state index in [-0.39, 0.29) is 17.3 Å². The minimum absolute atomic E-state index is 0.0538. The lowest BCUT2D eigenvalue weighted by Crippen LogP contribution is -2.24. The van der Waals surface area contributed by atoms with Gasteiger partial charge >= 0.3 is 0 Å². The van der Waals surface area contributed by atoms with Gasteiger partial charge in [0.15, 0.2) is 0 Å². The maximum absolute atomic E-state index is 12.2. The van der Waals surface area contributed by atoms with Crippen LogP contribution in [0.25, 0.3) is 0 Å². The normalized spacial score (nSPS) is 19.2. The van der Waals surface area contributed by atoms with Crippen molar-refractivity contribution < 1.29 is 14.3 Å². The van der Waals surface area contributed by atoms with Crippen LogP contribution in [0.3, 0.4) is 0 Å². The standard InChI is InChI=1S/C15H22N2O3S/c1-10(21-9-12-4-3-7-20-12)15(18)17-13-8-11(16)5-6-14(13)19-2/h5-6,8,10,12H,3-4,7,9,16H2,1-2H3,(H,17,18). The molecule has 0 bridgehead atoms. The number of thioether (sulfide) groups is 1. The molecule has 6 heteroatoms. The topological polar surface area (TPSA) is 73.6 Å². The number of benzene rings is 1. The summed E-state index contributed by atoms with van der Waals surface area (Å²) in [6.07, 6.45) is 2.49. The fourth-order valence-electron chi connectivity index (χ4n) is 2.16. The van der Waals surface area contributed by atoms with E-state index in [1.165, 1.54) is 0 Å². The second-order valence-corrected chi connectivity index (χ2v) is 6.43. The van der Waals surface area contributed by atoms with Gasteiger partial charge in [0, 0.05) is 18.0 Å². The number of carbonyl (C=O) groups is 1. The minimum Gasteiger partial charge on any atom is -0.495 e. The van der Waals surface area contributed by atoms with Crippen molar-refractivity contribution in [3.05, 3.63) is 18.2 Å². The first kappa shape index (κ1) is 16.0. The largest absolute Gasteiger partial charge is 0.495 e. The van der Waals surface area contributed by atoms with Crippen molar-refractivity contribution in [2.75, 3.05) is 30.5 Å². The Labute approximate surface area is 129 Å². The molecule has 1 aliphatic rings. The highest BCUT2D eigenvalue weighted by molar-refractivity contribution is 8.00. The van der Waals surface area contributed by atoms with Gasteiger partial charge in [-0.2, -0.15) is 0 Å². The second kappa shape index (κ2) is 7.56. The molecule has 1 saturated heterocycles. The average Bonchev–Trinajstić information content (AvgIpc) is 2.98. The van der Waals surface area contributed by atoms with Crippen molar-refractivity contribution in [2.24, 2.45) is 0 Å². The maximum atomic E-state index is 12.2. The van der Waals surface area contributed by atoms with Crippen LogP contribution in [0.2, 0.25) is 0 Å². The average molecular weight is 310 g/mol. The lowest BCUT2D eigenvalue weighted by Gasteiger charge is -2.16. The number of carbonyl (C=O) groups excluding carboxylic acids is 1.